The molecule has 1 aromatic rings. The van der Waals surface area contributed by atoms with Crippen LogP contribution >= 0.6 is 12.2 Å². The van der Waals surface area contributed by atoms with Gasteiger partial charge in [-0.3, -0.25) is 0 Å². The lowest BCUT2D eigenvalue weighted by Crippen LogP contribution is -2.30. The lowest BCUT2D eigenvalue weighted by Gasteiger charge is -2.23. The highest BCUT2D eigenvalue weighted by Crippen LogP contribution is 2.30. The fraction of sp³-hybridized carbons (Fsp3) is 0.500. The van der Waals surface area contributed by atoms with Crippen molar-refractivity contribution >= 4 is 23.0 Å². The van der Waals surface area contributed by atoms with E-state index in [1.54, 1.807) is 13.3 Å². The van der Waals surface area contributed by atoms with Crippen molar-refractivity contribution in [1.29, 1.82) is 0 Å². The van der Waals surface area contributed by atoms with Gasteiger partial charge in [0.2, 0.25) is 0 Å². The van der Waals surface area contributed by atoms with E-state index in [4.69, 9.17) is 22.7 Å². The van der Waals surface area contributed by atoms with Crippen LogP contribution in [0.3, 0.4) is 0 Å². The van der Waals surface area contributed by atoms with Crippen molar-refractivity contribution in [2.75, 3.05) is 25.2 Å². The number of nitrogens with zero attached hydrogens (tertiary/aromatic N) is 2. The monoisotopic (exact) mass is 251 g/mol. The van der Waals surface area contributed by atoms with E-state index < -0.39 is 0 Å². The summed E-state index contributed by atoms with van der Waals surface area (Å²) < 4.78 is 5.13. The molecule has 0 atom stereocenters. The van der Waals surface area contributed by atoms with E-state index in [1.807, 2.05) is 12.1 Å². The number of hydrogen-bond donors (Lipinski definition) is 1. The molecule has 1 heterocycles. The Hall–Kier alpha value is -1.20. The van der Waals surface area contributed by atoms with Gasteiger partial charge in [-0.15, -0.1) is 0 Å². The van der Waals surface area contributed by atoms with Gasteiger partial charge in [0.1, 0.15) is 10.8 Å². The standard InChI is InChI=1S/C12H17N3OS/c1-16-7-6-15(10-2-3-10)11-8-9(12(13)17)4-5-14-11/h4-5,8,10H,2-3,6-7H2,1H3,(H2,13,17). The number of ether oxygens (including phenoxy) is 1. The first-order valence-electron chi connectivity index (χ1n) is 5.74. The van der Waals surface area contributed by atoms with Crippen molar-refractivity contribution < 1.29 is 4.74 Å². The molecule has 4 nitrogen and oxygen atoms in total. The smallest absolute Gasteiger partial charge is 0.129 e. The molecule has 0 spiro atoms. The number of aromatic nitrogens is 1. The first-order chi connectivity index (χ1) is 8.22. The summed E-state index contributed by atoms with van der Waals surface area (Å²) in [6.45, 7) is 1.56. The minimum atomic E-state index is 0.413. The molecule has 1 aromatic heterocycles. The van der Waals surface area contributed by atoms with E-state index in [-0.39, 0.29) is 0 Å². The second-order valence-corrected chi connectivity index (χ2v) is 4.62. The van der Waals surface area contributed by atoms with Crippen LogP contribution in [-0.4, -0.2) is 36.3 Å². The molecule has 2 N–H and O–H groups in total. The molecule has 1 fully saturated rings. The van der Waals surface area contributed by atoms with Crippen molar-refractivity contribution in [1.82, 2.24) is 4.98 Å². The Morgan fingerprint density at radius 1 is 1.65 bits per heavy atom. The molecule has 0 unspecified atom stereocenters. The zero-order chi connectivity index (χ0) is 12.3. The number of thiocarbonyl (C=S) groups is 1. The van der Waals surface area contributed by atoms with Crippen LogP contribution in [0.4, 0.5) is 5.82 Å². The normalized spacial score (nSPS) is 14.6. The molecule has 1 saturated carbocycles. The van der Waals surface area contributed by atoms with Gasteiger partial charge in [-0.25, -0.2) is 4.98 Å². The molecule has 92 valence electrons. The summed E-state index contributed by atoms with van der Waals surface area (Å²) in [7, 11) is 1.71. The topological polar surface area (TPSA) is 51.4 Å². The predicted octanol–water partition coefficient (Wildman–Crippen LogP) is 1.33. The van der Waals surface area contributed by atoms with E-state index in [1.165, 1.54) is 12.8 Å². The number of pyridine rings is 1. The molecular formula is C12H17N3OS. The van der Waals surface area contributed by atoms with E-state index >= 15 is 0 Å². The lowest BCUT2D eigenvalue weighted by molar-refractivity contribution is 0.204. The second kappa shape index (κ2) is 5.42. The zero-order valence-corrected chi connectivity index (χ0v) is 10.7. The van der Waals surface area contributed by atoms with Gasteiger partial charge in [0.15, 0.2) is 0 Å². The molecule has 2 rings (SSSR count). The molecule has 0 saturated heterocycles. The van der Waals surface area contributed by atoms with E-state index in [2.05, 4.69) is 9.88 Å². The third-order valence-electron chi connectivity index (χ3n) is 2.85. The van der Waals surface area contributed by atoms with Crippen molar-refractivity contribution in [3.05, 3.63) is 23.9 Å². The highest BCUT2D eigenvalue weighted by molar-refractivity contribution is 7.80. The van der Waals surface area contributed by atoms with Crippen LogP contribution in [0.1, 0.15) is 18.4 Å². The Labute approximate surface area is 107 Å². The maximum absolute atomic E-state index is 5.64. The van der Waals surface area contributed by atoms with E-state index in [9.17, 15) is 0 Å². The summed E-state index contributed by atoms with van der Waals surface area (Å²) in [5.74, 6) is 0.940. The maximum atomic E-state index is 5.64. The summed E-state index contributed by atoms with van der Waals surface area (Å²) in [5.41, 5.74) is 6.50. The first-order valence-corrected chi connectivity index (χ1v) is 6.14. The van der Waals surface area contributed by atoms with Gasteiger partial charge >= 0.3 is 0 Å². The Bertz CT molecular complexity index is 406. The van der Waals surface area contributed by atoms with Crippen LogP contribution < -0.4 is 10.6 Å². The largest absolute Gasteiger partial charge is 0.389 e. The summed E-state index contributed by atoms with van der Waals surface area (Å²) in [6.07, 6.45) is 4.21. The Morgan fingerprint density at radius 2 is 2.41 bits per heavy atom. The molecule has 0 radical (unpaired) electrons. The van der Waals surface area contributed by atoms with Gasteiger partial charge in [-0.2, -0.15) is 0 Å². The molecule has 0 aliphatic heterocycles. The SMILES string of the molecule is COCCN(c1cc(C(N)=S)ccn1)C1CC1. The van der Waals surface area contributed by atoms with Crippen LogP contribution in [0.25, 0.3) is 0 Å². The van der Waals surface area contributed by atoms with Crippen LogP contribution in [0, 0.1) is 0 Å². The quantitative estimate of drug-likeness (QED) is 0.773. The molecule has 0 amide bonds. The molecule has 0 aromatic carbocycles. The summed E-state index contributed by atoms with van der Waals surface area (Å²) in [4.78, 5) is 7.07. The molecule has 1 aliphatic rings. The van der Waals surface area contributed by atoms with Gasteiger partial charge in [0.25, 0.3) is 0 Å². The maximum Gasteiger partial charge on any atom is 0.129 e. The highest BCUT2D eigenvalue weighted by Gasteiger charge is 2.29. The number of anilines is 1. The summed E-state index contributed by atoms with van der Waals surface area (Å²) >= 11 is 4.98. The highest BCUT2D eigenvalue weighted by atomic mass is 32.1. The minimum absolute atomic E-state index is 0.413. The van der Waals surface area contributed by atoms with Gasteiger partial charge in [0, 0.05) is 31.5 Å². The van der Waals surface area contributed by atoms with Crippen LogP contribution in [0.5, 0.6) is 0 Å². The number of methoxy groups -OCH3 is 1. The number of hydrogen-bond acceptors (Lipinski definition) is 4. The van der Waals surface area contributed by atoms with Crippen LogP contribution in [0.2, 0.25) is 0 Å². The number of rotatable bonds is 6. The lowest BCUT2D eigenvalue weighted by atomic mass is 10.2. The van der Waals surface area contributed by atoms with Crippen molar-refractivity contribution in [3.63, 3.8) is 0 Å². The Morgan fingerprint density at radius 3 is 3.00 bits per heavy atom. The summed E-state index contributed by atoms with van der Waals surface area (Å²) in [5, 5.41) is 0. The number of nitrogens with two attached hydrogens (primary N) is 1. The van der Waals surface area contributed by atoms with Crippen molar-refractivity contribution in [2.45, 2.75) is 18.9 Å². The van der Waals surface area contributed by atoms with Gasteiger partial charge in [-0.1, -0.05) is 12.2 Å². The fourth-order valence-corrected chi connectivity index (χ4v) is 1.92. The molecular weight excluding hydrogens is 234 g/mol. The van der Waals surface area contributed by atoms with E-state index in [0.29, 0.717) is 17.6 Å². The molecule has 1 aliphatic carbocycles. The third kappa shape index (κ3) is 3.14. The Kier molecular flexibility index (Phi) is 3.91. The average Bonchev–Trinajstić information content (AvgIpc) is 3.14. The zero-order valence-electron chi connectivity index (χ0n) is 9.93. The fourth-order valence-electron chi connectivity index (χ4n) is 1.79. The second-order valence-electron chi connectivity index (χ2n) is 4.18. The van der Waals surface area contributed by atoms with E-state index in [0.717, 1.165) is 17.9 Å². The molecule has 17 heavy (non-hydrogen) atoms. The minimum Gasteiger partial charge on any atom is -0.389 e. The predicted molar refractivity (Wildman–Crippen MR) is 72.4 cm³/mol. The van der Waals surface area contributed by atoms with Crippen LogP contribution in [-0.2, 0) is 4.74 Å². The molecule has 5 heteroatoms. The van der Waals surface area contributed by atoms with Gasteiger partial charge in [0.05, 0.1) is 6.61 Å². The average molecular weight is 251 g/mol. The van der Waals surface area contributed by atoms with Crippen molar-refractivity contribution in [2.24, 2.45) is 5.73 Å². The van der Waals surface area contributed by atoms with Gasteiger partial charge < -0.3 is 15.4 Å². The van der Waals surface area contributed by atoms with Crippen molar-refractivity contribution in [3.8, 4) is 0 Å². The van der Waals surface area contributed by atoms with Crippen LogP contribution in [0.15, 0.2) is 18.3 Å². The molecule has 0 bridgehead atoms. The third-order valence-corrected chi connectivity index (χ3v) is 3.08. The van der Waals surface area contributed by atoms with Gasteiger partial charge in [-0.05, 0) is 25.0 Å². The summed E-state index contributed by atoms with van der Waals surface area (Å²) in [6, 6.07) is 4.39. The Balaban J connectivity index is 2.16. The first kappa shape index (κ1) is 12.3.